The zero-order valence-electron chi connectivity index (χ0n) is 38.2. The summed E-state index contributed by atoms with van der Waals surface area (Å²) in [7, 11) is 0. The van der Waals surface area contributed by atoms with E-state index in [-0.39, 0.29) is 0 Å². The van der Waals surface area contributed by atoms with Gasteiger partial charge in [0.2, 0.25) is 0 Å². The van der Waals surface area contributed by atoms with Gasteiger partial charge in [-0.1, -0.05) is 194 Å². The van der Waals surface area contributed by atoms with E-state index in [1.165, 1.54) is 93.8 Å². The predicted molar refractivity (Wildman–Crippen MR) is 292 cm³/mol. The summed E-state index contributed by atoms with van der Waals surface area (Å²) in [6, 6.07) is 96.7. The summed E-state index contributed by atoms with van der Waals surface area (Å²) >= 11 is 0. The van der Waals surface area contributed by atoms with E-state index in [4.69, 9.17) is 0 Å². The molecule has 1 atom stereocenters. The summed E-state index contributed by atoms with van der Waals surface area (Å²) < 4.78 is 4.93. The lowest BCUT2D eigenvalue weighted by atomic mass is 9.65. The van der Waals surface area contributed by atoms with Crippen molar-refractivity contribution in [3.63, 3.8) is 0 Å². The second-order valence-electron chi connectivity index (χ2n) is 18.8. The molecule has 3 heteroatoms. The van der Waals surface area contributed by atoms with Crippen molar-refractivity contribution in [3.8, 4) is 44.8 Å². The van der Waals surface area contributed by atoms with E-state index in [1.54, 1.807) is 0 Å². The highest BCUT2D eigenvalue weighted by Gasteiger charge is 2.51. The molecule has 3 nitrogen and oxygen atoms in total. The molecule has 1 aliphatic heterocycles. The summed E-state index contributed by atoms with van der Waals surface area (Å²) in [6.07, 6.45) is 0. The van der Waals surface area contributed by atoms with Crippen molar-refractivity contribution >= 4 is 60.7 Å². The number of aromatic nitrogens is 2. The van der Waals surface area contributed by atoms with Crippen LogP contribution < -0.4 is 4.90 Å². The normalized spacial score (nSPS) is 14.3. The van der Waals surface area contributed by atoms with Crippen molar-refractivity contribution in [2.45, 2.75) is 5.41 Å². The molecule has 0 radical (unpaired) electrons. The molecule has 2 aliphatic rings. The quantitative estimate of drug-likeness (QED) is 0.162. The molecule has 0 fully saturated rings. The Hall–Kier alpha value is -9.18. The third kappa shape index (κ3) is 5.29. The van der Waals surface area contributed by atoms with Crippen LogP contribution in [0.2, 0.25) is 0 Å². The fraction of sp³-hybridized carbons (Fsp3) is 0.0149. The number of hydrogen-bond donors (Lipinski definition) is 0. The lowest BCUT2D eigenvalue weighted by Gasteiger charge is -2.39. The van der Waals surface area contributed by atoms with Gasteiger partial charge in [0.25, 0.3) is 0 Å². The standard InChI is InChI=1S/C67H43N3/c1-2-19-44(20-3-1)45-21-16-22-46(43-45)49-23-5-11-33-59(49)69(48-41-39-47(40-42-48)68-60-34-12-6-24-50(60)51-25-7-13-35-61(51)68)64-38-18-31-57-65(64)54-27-4-9-29-55(54)67(57)56-30-10-15-37-63(56)70-62-36-14-8-26-52(62)53-28-17-32-58(67)66(53)70/h1-43H. The van der Waals surface area contributed by atoms with Gasteiger partial charge >= 0.3 is 0 Å². The van der Waals surface area contributed by atoms with Crippen LogP contribution >= 0.6 is 0 Å². The van der Waals surface area contributed by atoms with Crippen molar-refractivity contribution in [3.05, 3.63) is 283 Å². The smallest absolute Gasteiger partial charge is 0.0755 e. The Balaban J connectivity index is 1.01. The topological polar surface area (TPSA) is 13.1 Å². The first-order chi connectivity index (χ1) is 34.8. The average Bonchev–Trinajstić information content (AvgIpc) is 4.06. The molecule has 0 saturated heterocycles. The number of anilines is 3. The minimum atomic E-state index is -0.585. The van der Waals surface area contributed by atoms with E-state index in [0.29, 0.717) is 0 Å². The zero-order valence-corrected chi connectivity index (χ0v) is 38.2. The molecule has 0 saturated carbocycles. The molecule has 0 amide bonds. The predicted octanol–water partition coefficient (Wildman–Crippen LogP) is 17.4. The summed E-state index contributed by atoms with van der Waals surface area (Å²) in [4.78, 5) is 2.53. The van der Waals surface area contributed by atoms with E-state index in [1.807, 2.05) is 0 Å². The molecule has 1 spiro atoms. The van der Waals surface area contributed by atoms with E-state index in [9.17, 15) is 0 Å². The molecule has 0 N–H and O–H groups in total. The van der Waals surface area contributed by atoms with Gasteiger partial charge in [-0.05, 0) is 111 Å². The molecule has 3 heterocycles. The second-order valence-corrected chi connectivity index (χ2v) is 18.8. The Kier molecular flexibility index (Phi) is 8.28. The van der Waals surface area contributed by atoms with Gasteiger partial charge in [-0.2, -0.15) is 0 Å². The van der Waals surface area contributed by atoms with Crippen LogP contribution in [0.3, 0.4) is 0 Å². The molecule has 1 aliphatic carbocycles. The van der Waals surface area contributed by atoms with Crippen molar-refractivity contribution in [2.24, 2.45) is 0 Å². The number of fused-ring (bicyclic) bond motifs is 15. The first-order valence-electron chi connectivity index (χ1n) is 24.3. The van der Waals surface area contributed by atoms with Gasteiger partial charge in [-0.3, -0.25) is 0 Å². The summed E-state index contributed by atoms with van der Waals surface area (Å²) in [5.74, 6) is 0. The molecule has 15 rings (SSSR count). The van der Waals surface area contributed by atoms with Crippen LogP contribution in [-0.2, 0) is 5.41 Å². The van der Waals surface area contributed by atoms with Crippen molar-refractivity contribution in [1.82, 2.24) is 9.13 Å². The van der Waals surface area contributed by atoms with Gasteiger partial charge < -0.3 is 14.0 Å². The van der Waals surface area contributed by atoms with Crippen molar-refractivity contribution < 1.29 is 0 Å². The number of hydrogen-bond acceptors (Lipinski definition) is 1. The molecular weight excluding hydrogens is 847 g/mol. The minimum absolute atomic E-state index is 0.585. The maximum absolute atomic E-state index is 2.53. The van der Waals surface area contributed by atoms with E-state index < -0.39 is 5.41 Å². The fourth-order valence-corrected chi connectivity index (χ4v) is 12.5. The summed E-state index contributed by atoms with van der Waals surface area (Å²) in [5, 5.41) is 5.06. The van der Waals surface area contributed by atoms with Crippen LogP contribution in [0.1, 0.15) is 22.3 Å². The van der Waals surface area contributed by atoms with Gasteiger partial charge in [-0.25, -0.2) is 0 Å². The molecular formula is C67H43N3. The molecule has 70 heavy (non-hydrogen) atoms. The Morgan fingerprint density at radius 2 is 0.829 bits per heavy atom. The lowest BCUT2D eigenvalue weighted by molar-refractivity contribution is 0.748. The number of benzene rings is 11. The SMILES string of the molecule is c1ccc(-c2cccc(-c3ccccc3N(c3ccc(-n4c5ccccc5c5ccccc54)cc3)c3cccc4c3-c3ccccc3C43c4ccccc4-n4c5ccccc5c5cccc3c54)c2)cc1. The zero-order chi connectivity index (χ0) is 45.9. The van der Waals surface area contributed by atoms with Gasteiger partial charge in [0.05, 0.1) is 44.5 Å². The maximum Gasteiger partial charge on any atom is 0.0755 e. The second kappa shape index (κ2) is 14.9. The maximum atomic E-state index is 2.53. The number of nitrogens with zero attached hydrogens (tertiary/aromatic N) is 3. The van der Waals surface area contributed by atoms with Gasteiger partial charge in [0, 0.05) is 44.0 Å². The molecule has 11 aromatic carbocycles. The first kappa shape index (κ1) is 38.9. The van der Waals surface area contributed by atoms with Crippen molar-refractivity contribution in [1.29, 1.82) is 0 Å². The van der Waals surface area contributed by atoms with Crippen LogP contribution in [0.5, 0.6) is 0 Å². The molecule has 13 aromatic rings. The number of rotatable bonds is 6. The Morgan fingerprint density at radius 3 is 1.60 bits per heavy atom. The van der Waals surface area contributed by atoms with E-state index >= 15 is 0 Å². The van der Waals surface area contributed by atoms with Gasteiger partial charge in [0.1, 0.15) is 0 Å². The van der Waals surface area contributed by atoms with Crippen molar-refractivity contribution in [2.75, 3.05) is 4.90 Å². The van der Waals surface area contributed by atoms with Crippen LogP contribution in [-0.4, -0.2) is 9.13 Å². The minimum Gasteiger partial charge on any atom is -0.309 e. The number of para-hydroxylation sites is 6. The highest BCUT2D eigenvalue weighted by atomic mass is 15.2. The van der Waals surface area contributed by atoms with Gasteiger partial charge in [0.15, 0.2) is 0 Å². The average molecular weight is 890 g/mol. The summed E-state index contributed by atoms with van der Waals surface area (Å²) in [5.41, 5.74) is 22.4. The van der Waals surface area contributed by atoms with Crippen LogP contribution in [0.15, 0.2) is 261 Å². The van der Waals surface area contributed by atoms with Crippen LogP contribution in [0, 0.1) is 0 Å². The van der Waals surface area contributed by atoms with E-state index in [2.05, 4.69) is 275 Å². The first-order valence-corrected chi connectivity index (χ1v) is 24.3. The monoisotopic (exact) mass is 889 g/mol. The molecule has 2 aromatic heterocycles. The van der Waals surface area contributed by atoms with Crippen LogP contribution in [0.4, 0.5) is 17.1 Å². The van der Waals surface area contributed by atoms with Crippen LogP contribution in [0.25, 0.3) is 88.4 Å². The Morgan fingerprint density at radius 1 is 0.314 bits per heavy atom. The summed E-state index contributed by atoms with van der Waals surface area (Å²) in [6.45, 7) is 0. The molecule has 326 valence electrons. The van der Waals surface area contributed by atoms with Gasteiger partial charge in [-0.15, -0.1) is 0 Å². The highest BCUT2D eigenvalue weighted by Crippen LogP contribution is 2.63. The third-order valence-electron chi connectivity index (χ3n) is 15.3. The Bertz CT molecular complexity index is 4200. The van der Waals surface area contributed by atoms with E-state index in [0.717, 1.165) is 33.9 Å². The molecule has 1 unspecified atom stereocenters. The largest absolute Gasteiger partial charge is 0.309 e. The Labute approximate surface area is 406 Å². The fourth-order valence-electron chi connectivity index (χ4n) is 12.5. The highest BCUT2D eigenvalue weighted by molar-refractivity contribution is 6.14. The lowest BCUT2D eigenvalue weighted by Crippen LogP contribution is -2.33. The molecule has 0 bridgehead atoms. The third-order valence-corrected chi connectivity index (χ3v) is 15.3.